The SMILES string of the molecule is CCNCCCNC(=O)N[C@@H](CC(=O)O)C(=O)O. The van der Waals surface area contributed by atoms with Gasteiger partial charge in [-0.3, -0.25) is 4.79 Å². The lowest BCUT2D eigenvalue weighted by molar-refractivity contribution is -0.145. The molecule has 0 aliphatic heterocycles. The number of nitrogens with one attached hydrogen (secondary N) is 3. The predicted molar refractivity (Wildman–Crippen MR) is 63.4 cm³/mol. The average molecular weight is 261 g/mol. The average Bonchev–Trinajstić information content (AvgIpc) is 2.27. The van der Waals surface area contributed by atoms with E-state index in [9.17, 15) is 14.4 Å². The summed E-state index contributed by atoms with van der Waals surface area (Å²) in [6, 6.07) is -2.10. The highest BCUT2D eigenvalue weighted by Crippen LogP contribution is 1.92. The van der Waals surface area contributed by atoms with Crippen LogP contribution in [0.5, 0.6) is 0 Å². The first-order valence-electron chi connectivity index (χ1n) is 5.67. The van der Waals surface area contributed by atoms with E-state index in [-0.39, 0.29) is 0 Å². The Labute approximate surface area is 105 Å². The lowest BCUT2D eigenvalue weighted by Gasteiger charge is -2.13. The van der Waals surface area contributed by atoms with Crippen LogP contribution in [0.25, 0.3) is 0 Å². The first kappa shape index (κ1) is 16.2. The van der Waals surface area contributed by atoms with Crippen molar-refractivity contribution in [1.29, 1.82) is 0 Å². The molecule has 1 atom stereocenters. The first-order chi connectivity index (χ1) is 8.47. The maximum atomic E-state index is 11.3. The molecule has 0 heterocycles. The van der Waals surface area contributed by atoms with E-state index in [4.69, 9.17) is 10.2 Å². The molecule has 104 valence electrons. The van der Waals surface area contributed by atoms with Crippen molar-refractivity contribution >= 4 is 18.0 Å². The van der Waals surface area contributed by atoms with E-state index < -0.39 is 30.4 Å². The molecular formula is C10H19N3O5. The van der Waals surface area contributed by atoms with Gasteiger partial charge in [-0.2, -0.15) is 0 Å². The second-order valence-electron chi connectivity index (χ2n) is 3.60. The van der Waals surface area contributed by atoms with Crippen LogP contribution in [0.2, 0.25) is 0 Å². The molecule has 2 amide bonds. The van der Waals surface area contributed by atoms with E-state index in [0.717, 1.165) is 13.1 Å². The molecule has 0 saturated carbocycles. The first-order valence-corrected chi connectivity index (χ1v) is 5.67. The van der Waals surface area contributed by atoms with Crippen LogP contribution < -0.4 is 16.0 Å². The van der Waals surface area contributed by atoms with Crippen LogP contribution in [0.1, 0.15) is 19.8 Å². The maximum absolute atomic E-state index is 11.3. The van der Waals surface area contributed by atoms with Gasteiger partial charge >= 0.3 is 18.0 Å². The number of carbonyl (C=O) groups excluding carboxylic acids is 1. The largest absolute Gasteiger partial charge is 0.481 e. The molecule has 0 radical (unpaired) electrons. The van der Waals surface area contributed by atoms with E-state index in [0.29, 0.717) is 13.0 Å². The number of hydrogen-bond donors (Lipinski definition) is 5. The Bertz CT molecular complexity index is 295. The molecule has 0 saturated heterocycles. The highest BCUT2D eigenvalue weighted by molar-refractivity contribution is 5.86. The number of carbonyl (C=O) groups is 3. The summed E-state index contributed by atoms with van der Waals surface area (Å²) in [5, 5.41) is 24.8. The number of carboxylic acid groups (broad SMARTS) is 2. The third-order valence-corrected chi connectivity index (χ3v) is 2.05. The fourth-order valence-corrected chi connectivity index (χ4v) is 1.18. The van der Waals surface area contributed by atoms with Crippen LogP contribution in [0.3, 0.4) is 0 Å². The van der Waals surface area contributed by atoms with Crippen molar-refractivity contribution in [1.82, 2.24) is 16.0 Å². The molecule has 0 aliphatic carbocycles. The zero-order valence-corrected chi connectivity index (χ0v) is 10.2. The molecule has 8 nitrogen and oxygen atoms in total. The van der Waals surface area contributed by atoms with E-state index >= 15 is 0 Å². The van der Waals surface area contributed by atoms with Gasteiger partial charge in [0.2, 0.25) is 0 Å². The number of carboxylic acids is 2. The molecule has 0 spiro atoms. The summed E-state index contributed by atoms with van der Waals surface area (Å²) < 4.78 is 0. The van der Waals surface area contributed by atoms with Crippen molar-refractivity contribution in [3.8, 4) is 0 Å². The van der Waals surface area contributed by atoms with E-state index in [1.807, 2.05) is 6.92 Å². The van der Waals surface area contributed by atoms with Gasteiger partial charge in [0.25, 0.3) is 0 Å². The Balaban J connectivity index is 3.88. The smallest absolute Gasteiger partial charge is 0.326 e. The number of amides is 2. The van der Waals surface area contributed by atoms with Crippen LogP contribution in [-0.4, -0.2) is 53.9 Å². The van der Waals surface area contributed by atoms with Gasteiger partial charge in [-0.25, -0.2) is 9.59 Å². The molecule has 0 rings (SSSR count). The van der Waals surface area contributed by atoms with Crippen LogP contribution in [-0.2, 0) is 9.59 Å². The lowest BCUT2D eigenvalue weighted by Crippen LogP contribution is -2.47. The van der Waals surface area contributed by atoms with Crippen molar-refractivity contribution < 1.29 is 24.6 Å². The summed E-state index contributed by atoms with van der Waals surface area (Å²) in [5.74, 6) is -2.66. The fourth-order valence-electron chi connectivity index (χ4n) is 1.18. The van der Waals surface area contributed by atoms with E-state index in [1.54, 1.807) is 0 Å². The minimum Gasteiger partial charge on any atom is -0.481 e. The molecule has 0 aromatic rings. The summed E-state index contributed by atoms with van der Waals surface area (Å²) >= 11 is 0. The lowest BCUT2D eigenvalue weighted by atomic mass is 10.2. The number of hydrogen-bond acceptors (Lipinski definition) is 4. The van der Waals surface area contributed by atoms with Crippen molar-refractivity contribution in [2.24, 2.45) is 0 Å². The van der Waals surface area contributed by atoms with Gasteiger partial charge < -0.3 is 26.2 Å². The van der Waals surface area contributed by atoms with Crippen molar-refractivity contribution in [3.05, 3.63) is 0 Å². The molecule has 8 heteroatoms. The Morgan fingerprint density at radius 3 is 2.33 bits per heavy atom. The Morgan fingerprint density at radius 1 is 1.17 bits per heavy atom. The van der Waals surface area contributed by atoms with Gasteiger partial charge in [0.15, 0.2) is 0 Å². The summed E-state index contributed by atoms with van der Waals surface area (Å²) in [4.78, 5) is 32.3. The number of aliphatic carboxylic acids is 2. The van der Waals surface area contributed by atoms with Gasteiger partial charge in [0.05, 0.1) is 6.42 Å². The second-order valence-corrected chi connectivity index (χ2v) is 3.60. The quantitative estimate of drug-likeness (QED) is 0.346. The molecule has 0 aromatic carbocycles. The predicted octanol–water partition coefficient (Wildman–Crippen LogP) is -0.787. The minimum absolute atomic E-state index is 0.387. The van der Waals surface area contributed by atoms with Crippen molar-refractivity contribution in [3.63, 3.8) is 0 Å². The molecule has 18 heavy (non-hydrogen) atoms. The fraction of sp³-hybridized carbons (Fsp3) is 0.700. The third-order valence-electron chi connectivity index (χ3n) is 2.05. The minimum atomic E-state index is -1.42. The number of rotatable bonds is 9. The zero-order valence-electron chi connectivity index (χ0n) is 10.2. The van der Waals surface area contributed by atoms with Crippen LogP contribution in [0.4, 0.5) is 4.79 Å². The normalized spacial score (nSPS) is 11.6. The molecule has 0 aromatic heterocycles. The molecule has 5 N–H and O–H groups in total. The molecule has 0 aliphatic rings. The van der Waals surface area contributed by atoms with Crippen LogP contribution >= 0.6 is 0 Å². The monoisotopic (exact) mass is 261 g/mol. The standard InChI is InChI=1S/C10H19N3O5/c1-2-11-4-3-5-12-10(18)13-7(9(16)17)6-8(14)15/h7,11H,2-6H2,1H3,(H,14,15)(H,16,17)(H2,12,13,18)/t7-/m0/s1. The molecule has 0 unspecified atom stereocenters. The summed E-state index contributed by atoms with van der Waals surface area (Å²) in [6.45, 7) is 3.93. The molecular weight excluding hydrogens is 242 g/mol. The van der Waals surface area contributed by atoms with E-state index in [2.05, 4.69) is 16.0 Å². The summed E-state index contributed by atoms with van der Waals surface area (Å²) in [5.41, 5.74) is 0. The Kier molecular flexibility index (Phi) is 8.29. The van der Waals surface area contributed by atoms with Gasteiger partial charge in [0.1, 0.15) is 6.04 Å². The Morgan fingerprint density at radius 2 is 1.83 bits per heavy atom. The third kappa shape index (κ3) is 8.34. The van der Waals surface area contributed by atoms with Gasteiger partial charge in [-0.1, -0.05) is 6.92 Å². The van der Waals surface area contributed by atoms with Crippen molar-refractivity contribution in [2.75, 3.05) is 19.6 Å². The van der Waals surface area contributed by atoms with Gasteiger partial charge in [-0.15, -0.1) is 0 Å². The highest BCUT2D eigenvalue weighted by atomic mass is 16.4. The van der Waals surface area contributed by atoms with Crippen LogP contribution in [0.15, 0.2) is 0 Å². The maximum Gasteiger partial charge on any atom is 0.326 e. The van der Waals surface area contributed by atoms with Gasteiger partial charge in [-0.05, 0) is 19.5 Å². The summed E-state index contributed by atoms with van der Waals surface area (Å²) in [6.07, 6.45) is 0.0536. The van der Waals surface area contributed by atoms with E-state index in [1.165, 1.54) is 0 Å². The summed E-state index contributed by atoms with van der Waals surface area (Å²) in [7, 11) is 0. The van der Waals surface area contributed by atoms with Crippen LogP contribution in [0, 0.1) is 0 Å². The zero-order chi connectivity index (χ0) is 14.0. The van der Waals surface area contributed by atoms with Gasteiger partial charge in [0, 0.05) is 6.54 Å². The number of urea groups is 1. The van der Waals surface area contributed by atoms with Crippen molar-refractivity contribution in [2.45, 2.75) is 25.8 Å². The Hall–Kier alpha value is -1.83. The topological polar surface area (TPSA) is 128 Å². The second kappa shape index (κ2) is 9.23. The molecule has 0 bridgehead atoms. The molecule has 0 fully saturated rings. The highest BCUT2D eigenvalue weighted by Gasteiger charge is 2.22.